The third kappa shape index (κ3) is 2.37. The molecule has 1 N–H and O–H groups in total. The van der Waals surface area contributed by atoms with E-state index in [4.69, 9.17) is 4.42 Å². The smallest absolute Gasteiger partial charge is 0.289 e. The Bertz CT molecular complexity index is 497. The molecule has 1 amide bonds. The van der Waals surface area contributed by atoms with Gasteiger partial charge < -0.3 is 14.6 Å². The summed E-state index contributed by atoms with van der Waals surface area (Å²) in [5, 5.41) is 3.61. The molecule has 0 radical (unpaired) electrons. The van der Waals surface area contributed by atoms with Gasteiger partial charge in [0.1, 0.15) is 5.76 Å². The maximum Gasteiger partial charge on any atom is 0.289 e. The average molecular weight is 276 g/mol. The van der Waals surface area contributed by atoms with Crippen LogP contribution in [-0.2, 0) is 6.42 Å². The maximum atomic E-state index is 12.6. The number of nitrogens with one attached hydrogen (secondary N) is 1. The van der Waals surface area contributed by atoms with Crippen molar-refractivity contribution in [2.75, 3.05) is 7.05 Å². The minimum Gasteiger partial charge on any atom is -0.456 e. The summed E-state index contributed by atoms with van der Waals surface area (Å²) in [7, 11) is 1.92. The van der Waals surface area contributed by atoms with Crippen LogP contribution in [-0.4, -0.2) is 36.0 Å². The highest BCUT2D eigenvalue weighted by molar-refractivity contribution is 5.91. The van der Waals surface area contributed by atoms with Crippen LogP contribution in [0.4, 0.5) is 0 Å². The highest BCUT2D eigenvalue weighted by Crippen LogP contribution is 2.30. The first-order valence-electron chi connectivity index (χ1n) is 7.71. The molecule has 1 aromatic rings. The number of rotatable bonds is 3. The summed E-state index contributed by atoms with van der Waals surface area (Å²) < 4.78 is 5.70. The van der Waals surface area contributed by atoms with Crippen LogP contribution in [0.1, 0.15) is 54.5 Å². The predicted molar refractivity (Wildman–Crippen MR) is 77.9 cm³/mol. The summed E-state index contributed by atoms with van der Waals surface area (Å²) in [4.78, 5) is 14.5. The molecule has 3 rings (SSSR count). The van der Waals surface area contributed by atoms with Crippen molar-refractivity contribution in [2.45, 2.75) is 64.1 Å². The van der Waals surface area contributed by atoms with Crippen LogP contribution in [0.15, 0.2) is 10.5 Å². The van der Waals surface area contributed by atoms with Gasteiger partial charge in [0, 0.05) is 31.6 Å². The summed E-state index contributed by atoms with van der Waals surface area (Å²) in [5.41, 5.74) is 1.08. The van der Waals surface area contributed by atoms with Gasteiger partial charge in [0.2, 0.25) is 0 Å². The van der Waals surface area contributed by atoms with Gasteiger partial charge in [-0.05, 0) is 44.2 Å². The third-order valence-electron chi connectivity index (χ3n) is 4.87. The normalized spacial score (nSPS) is 28.6. The van der Waals surface area contributed by atoms with Crippen LogP contribution in [0, 0.1) is 6.92 Å². The second-order valence-electron chi connectivity index (χ2n) is 6.25. The fraction of sp³-hybridized carbons (Fsp3) is 0.688. The van der Waals surface area contributed by atoms with E-state index in [1.54, 1.807) is 0 Å². The molecule has 2 aliphatic rings. The first-order valence-corrected chi connectivity index (χ1v) is 7.71. The highest BCUT2D eigenvalue weighted by Gasteiger charge is 2.37. The molecule has 20 heavy (non-hydrogen) atoms. The molecule has 2 atom stereocenters. The quantitative estimate of drug-likeness (QED) is 0.922. The fourth-order valence-corrected chi connectivity index (χ4v) is 3.66. The lowest BCUT2D eigenvalue weighted by Crippen LogP contribution is -2.48. The van der Waals surface area contributed by atoms with Crippen molar-refractivity contribution in [2.24, 2.45) is 0 Å². The molecule has 2 aliphatic heterocycles. The molecule has 2 fully saturated rings. The molecule has 110 valence electrons. The number of hydrogen-bond donors (Lipinski definition) is 1. The lowest BCUT2D eigenvalue weighted by atomic mass is 9.98. The fourth-order valence-electron chi connectivity index (χ4n) is 3.66. The number of amides is 1. The van der Waals surface area contributed by atoms with Crippen LogP contribution in [0.3, 0.4) is 0 Å². The SMILES string of the molecule is CCc1oc(C(=O)N(C)C2CC3CCC(C2)N3)cc1C. The van der Waals surface area contributed by atoms with Gasteiger partial charge >= 0.3 is 0 Å². The molecule has 1 aromatic heterocycles. The average Bonchev–Trinajstić information content (AvgIpc) is 2.99. The Labute approximate surface area is 120 Å². The van der Waals surface area contributed by atoms with Gasteiger partial charge in [-0.15, -0.1) is 0 Å². The molecule has 0 spiro atoms. The Kier molecular flexibility index (Phi) is 3.59. The second-order valence-corrected chi connectivity index (χ2v) is 6.25. The van der Waals surface area contributed by atoms with Gasteiger partial charge in [-0.25, -0.2) is 0 Å². The van der Waals surface area contributed by atoms with Crippen LogP contribution in [0.5, 0.6) is 0 Å². The molecule has 0 saturated carbocycles. The number of carbonyl (C=O) groups is 1. The van der Waals surface area contributed by atoms with Gasteiger partial charge in [0.05, 0.1) is 0 Å². The molecule has 2 bridgehead atoms. The van der Waals surface area contributed by atoms with Crippen LogP contribution >= 0.6 is 0 Å². The largest absolute Gasteiger partial charge is 0.456 e. The van der Waals surface area contributed by atoms with E-state index in [1.165, 1.54) is 12.8 Å². The van der Waals surface area contributed by atoms with Gasteiger partial charge in [-0.2, -0.15) is 0 Å². The maximum absolute atomic E-state index is 12.6. The number of carbonyl (C=O) groups excluding carboxylic acids is 1. The van der Waals surface area contributed by atoms with Crippen LogP contribution in [0.25, 0.3) is 0 Å². The summed E-state index contributed by atoms with van der Waals surface area (Å²) in [6.45, 7) is 4.05. The Balaban J connectivity index is 1.72. The van der Waals surface area contributed by atoms with Crippen molar-refractivity contribution in [1.29, 1.82) is 0 Å². The first kappa shape index (κ1) is 13.7. The van der Waals surface area contributed by atoms with Crippen molar-refractivity contribution < 1.29 is 9.21 Å². The van der Waals surface area contributed by atoms with E-state index in [0.717, 1.165) is 30.6 Å². The molecule has 2 unspecified atom stereocenters. The number of piperidine rings is 1. The lowest BCUT2D eigenvalue weighted by Gasteiger charge is -2.35. The lowest BCUT2D eigenvalue weighted by molar-refractivity contribution is 0.0648. The zero-order valence-electron chi connectivity index (χ0n) is 12.6. The Hall–Kier alpha value is -1.29. The molecule has 3 heterocycles. The molecule has 4 nitrogen and oxygen atoms in total. The molecule has 0 aromatic carbocycles. The highest BCUT2D eigenvalue weighted by atomic mass is 16.4. The van der Waals surface area contributed by atoms with Gasteiger partial charge in [-0.3, -0.25) is 4.79 Å². The Morgan fingerprint density at radius 1 is 1.40 bits per heavy atom. The van der Waals surface area contributed by atoms with E-state index in [2.05, 4.69) is 5.32 Å². The molecule has 4 heteroatoms. The third-order valence-corrected chi connectivity index (χ3v) is 4.87. The number of aryl methyl sites for hydroxylation is 2. The topological polar surface area (TPSA) is 45.5 Å². The van der Waals surface area contributed by atoms with Crippen molar-refractivity contribution in [3.63, 3.8) is 0 Å². The van der Waals surface area contributed by atoms with Gasteiger partial charge in [0.15, 0.2) is 5.76 Å². The Morgan fingerprint density at radius 2 is 2.05 bits per heavy atom. The minimum atomic E-state index is 0.0269. The zero-order chi connectivity index (χ0) is 14.3. The summed E-state index contributed by atoms with van der Waals surface area (Å²) >= 11 is 0. The van der Waals surface area contributed by atoms with Crippen LogP contribution in [0.2, 0.25) is 0 Å². The van der Waals surface area contributed by atoms with Crippen LogP contribution < -0.4 is 5.32 Å². The van der Waals surface area contributed by atoms with Gasteiger partial charge in [-0.1, -0.05) is 6.92 Å². The van der Waals surface area contributed by atoms with Gasteiger partial charge in [0.25, 0.3) is 5.91 Å². The zero-order valence-corrected chi connectivity index (χ0v) is 12.6. The van der Waals surface area contributed by atoms with Crippen molar-refractivity contribution >= 4 is 5.91 Å². The second kappa shape index (κ2) is 5.24. The number of nitrogens with zero attached hydrogens (tertiary/aromatic N) is 1. The number of fused-ring (bicyclic) bond motifs is 2. The Morgan fingerprint density at radius 3 is 2.60 bits per heavy atom. The summed E-state index contributed by atoms with van der Waals surface area (Å²) in [6.07, 6.45) is 5.48. The van der Waals surface area contributed by atoms with E-state index in [-0.39, 0.29) is 5.91 Å². The molecular weight excluding hydrogens is 252 g/mol. The minimum absolute atomic E-state index is 0.0269. The van der Waals surface area contributed by atoms with E-state index in [9.17, 15) is 4.79 Å². The summed E-state index contributed by atoms with van der Waals surface area (Å²) in [5.74, 6) is 1.44. The standard InChI is InChI=1S/C16H24N2O2/c1-4-14-10(2)7-15(20-14)16(19)18(3)13-8-11-5-6-12(9-13)17-11/h7,11-13,17H,4-6,8-9H2,1-3H3. The van der Waals surface area contributed by atoms with E-state index >= 15 is 0 Å². The molecule has 2 saturated heterocycles. The predicted octanol–water partition coefficient (Wildman–Crippen LogP) is 2.51. The summed E-state index contributed by atoms with van der Waals surface area (Å²) in [6, 6.07) is 3.42. The molecular formula is C16H24N2O2. The van der Waals surface area contributed by atoms with Crippen molar-refractivity contribution in [1.82, 2.24) is 10.2 Å². The van der Waals surface area contributed by atoms with Crippen molar-refractivity contribution in [3.8, 4) is 0 Å². The van der Waals surface area contributed by atoms with E-state index in [0.29, 0.717) is 23.9 Å². The van der Waals surface area contributed by atoms with E-state index < -0.39 is 0 Å². The number of furan rings is 1. The number of hydrogen-bond acceptors (Lipinski definition) is 3. The monoisotopic (exact) mass is 276 g/mol. The molecule has 0 aliphatic carbocycles. The van der Waals surface area contributed by atoms with E-state index in [1.807, 2.05) is 31.9 Å². The first-order chi connectivity index (χ1) is 9.58. The van der Waals surface area contributed by atoms with Crippen molar-refractivity contribution in [3.05, 3.63) is 23.2 Å².